The fourth-order valence-corrected chi connectivity index (χ4v) is 3.52. The Morgan fingerprint density at radius 2 is 2.00 bits per heavy atom. The molecule has 5 heteroatoms. The molecule has 2 atom stereocenters. The van der Waals surface area contributed by atoms with Gasteiger partial charge in [0.05, 0.1) is 11.3 Å². The van der Waals surface area contributed by atoms with E-state index in [9.17, 15) is 4.79 Å². The van der Waals surface area contributed by atoms with Gasteiger partial charge in [-0.25, -0.2) is 0 Å². The van der Waals surface area contributed by atoms with E-state index in [2.05, 4.69) is 23.5 Å². The van der Waals surface area contributed by atoms with Gasteiger partial charge in [0.1, 0.15) is 5.00 Å². The van der Waals surface area contributed by atoms with Crippen molar-refractivity contribution in [1.82, 2.24) is 9.27 Å². The minimum atomic E-state index is 0.129. The zero-order valence-corrected chi connectivity index (χ0v) is 12.3. The summed E-state index contributed by atoms with van der Waals surface area (Å²) in [5.41, 5.74) is 1.59. The fraction of sp³-hybridized carbons (Fsp3) is 0.692. The van der Waals surface area contributed by atoms with Gasteiger partial charge in [-0.05, 0) is 36.7 Å². The lowest BCUT2D eigenvalue weighted by atomic mass is 9.91. The molecule has 2 heterocycles. The first-order valence-corrected chi connectivity index (χ1v) is 7.23. The third-order valence-corrected chi connectivity index (χ3v) is 4.42. The van der Waals surface area contributed by atoms with E-state index in [0.717, 1.165) is 29.3 Å². The van der Waals surface area contributed by atoms with E-state index in [1.807, 2.05) is 18.9 Å². The number of carbonyl (C=O) groups is 1. The minimum Gasteiger partial charge on any atom is -0.378 e. The summed E-state index contributed by atoms with van der Waals surface area (Å²) in [5, 5.41) is 3.95. The van der Waals surface area contributed by atoms with Crippen LogP contribution < -0.4 is 5.32 Å². The van der Waals surface area contributed by atoms with E-state index < -0.39 is 0 Å². The Balaban J connectivity index is 2.22. The van der Waals surface area contributed by atoms with E-state index in [1.165, 1.54) is 18.0 Å². The predicted octanol–water partition coefficient (Wildman–Crippen LogP) is 2.61. The predicted molar refractivity (Wildman–Crippen MR) is 75.2 cm³/mol. The average molecular weight is 267 g/mol. The number of anilines is 1. The Labute approximate surface area is 113 Å². The topological polar surface area (TPSA) is 45.2 Å². The first-order chi connectivity index (χ1) is 8.52. The van der Waals surface area contributed by atoms with Gasteiger partial charge in [0.25, 0.3) is 5.91 Å². The minimum absolute atomic E-state index is 0.129. The van der Waals surface area contributed by atoms with Crippen LogP contribution >= 0.6 is 11.5 Å². The van der Waals surface area contributed by atoms with Crippen molar-refractivity contribution in [1.29, 1.82) is 0 Å². The Kier molecular flexibility index (Phi) is 3.90. The number of likely N-dealkylation sites (tertiary alicyclic amines) is 1. The molecule has 0 aromatic carbocycles. The van der Waals surface area contributed by atoms with Crippen LogP contribution in [-0.4, -0.2) is 35.3 Å². The highest BCUT2D eigenvalue weighted by Gasteiger charge is 2.29. The number of rotatable bonds is 2. The third kappa shape index (κ3) is 2.51. The molecule has 0 aliphatic carbocycles. The highest BCUT2D eigenvalue weighted by Crippen LogP contribution is 2.28. The van der Waals surface area contributed by atoms with Crippen LogP contribution in [0.1, 0.15) is 36.3 Å². The lowest BCUT2D eigenvalue weighted by Crippen LogP contribution is -2.42. The number of nitrogens with zero attached hydrogens (tertiary/aromatic N) is 2. The maximum Gasteiger partial charge on any atom is 0.258 e. The molecule has 1 N–H and O–H groups in total. The second kappa shape index (κ2) is 5.26. The van der Waals surface area contributed by atoms with Gasteiger partial charge in [0, 0.05) is 20.1 Å². The molecule has 2 rings (SSSR count). The average Bonchev–Trinajstić information content (AvgIpc) is 2.68. The molecule has 1 aliphatic rings. The second-order valence-corrected chi connectivity index (χ2v) is 6.15. The monoisotopic (exact) mass is 267 g/mol. The normalized spacial score (nSPS) is 24.1. The number of carbonyl (C=O) groups excluding carboxylic acids is 1. The van der Waals surface area contributed by atoms with Crippen molar-refractivity contribution in [2.45, 2.75) is 27.2 Å². The summed E-state index contributed by atoms with van der Waals surface area (Å²) in [6.07, 6.45) is 1.21. The molecular formula is C13H21N3OS. The van der Waals surface area contributed by atoms with Crippen LogP contribution in [-0.2, 0) is 0 Å². The first kappa shape index (κ1) is 13.3. The molecule has 18 heavy (non-hydrogen) atoms. The number of hydrogen-bond acceptors (Lipinski definition) is 4. The van der Waals surface area contributed by atoms with Gasteiger partial charge in [0.2, 0.25) is 0 Å². The van der Waals surface area contributed by atoms with Crippen LogP contribution in [0.15, 0.2) is 0 Å². The number of hydrogen-bond donors (Lipinski definition) is 1. The van der Waals surface area contributed by atoms with Crippen molar-refractivity contribution >= 4 is 22.4 Å². The molecule has 0 saturated carbocycles. The van der Waals surface area contributed by atoms with Gasteiger partial charge in [-0.3, -0.25) is 4.79 Å². The van der Waals surface area contributed by atoms with Crippen molar-refractivity contribution in [3.05, 3.63) is 11.3 Å². The van der Waals surface area contributed by atoms with E-state index in [4.69, 9.17) is 0 Å². The molecule has 0 unspecified atom stereocenters. The highest BCUT2D eigenvalue weighted by molar-refractivity contribution is 7.10. The molecule has 0 spiro atoms. The van der Waals surface area contributed by atoms with E-state index in [0.29, 0.717) is 11.8 Å². The zero-order valence-electron chi connectivity index (χ0n) is 11.5. The maximum atomic E-state index is 12.6. The van der Waals surface area contributed by atoms with Crippen molar-refractivity contribution in [3.8, 4) is 0 Å². The van der Waals surface area contributed by atoms with E-state index >= 15 is 0 Å². The number of piperidine rings is 1. The van der Waals surface area contributed by atoms with Crippen LogP contribution in [0.5, 0.6) is 0 Å². The Morgan fingerprint density at radius 3 is 2.56 bits per heavy atom. The van der Waals surface area contributed by atoms with Gasteiger partial charge in [0.15, 0.2) is 0 Å². The highest BCUT2D eigenvalue weighted by atomic mass is 32.1. The molecule has 1 fully saturated rings. The SMILES string of the molecule is CNc1snc(C)c1C(=O)N1C[C@@H](C)C[C@H](C)C1. The summed E-state index contributed by atoms with van der Waals surface area (Å²) in [4.78, 5) is 14.6. The van der Waals surface area contributed by atoms with Crippen LogP contribution in [0.4, 0.5) is 5.00 Å². The summed E-state index contributed by atoms with van der Waals surface area (Å²) in [7, 11) is 1.84. The van der Waals surface area contributed by atoms with Gasteiger partial charge in [-0.1, -0.05) is 13.8 Å². The fourth-order valence-electron chi connectivity index (χ4n) is 2.78. The Hall–Kier alpha value is -1.10. The van der Waals surface area contributed by atoms with Crippen molar-refractivity contribution in [2.75, 3.05) is 25.5 Å². The maximum absolute atomic E-state index is 12.6. The summed E-state index contributed by atoms with van der Waals surface area (Å²) in [5.74, 6) is 1.30. The van der Waals surface area contributed by atoms with Gasteiger partial charge < -0.3 is 10.2 Å². The summed E-state index contributed by atoms with van der Waals surface area (Å²) >= 11 is 1.36. The second-order valence-electron chi connectivity index (χ2n) is 5.38. The molecule has 1 aliphatic heterocycles. The number of aryl methyl sites for hydroxylation is 1. The third-order valence-electron chi connectivity index (χ3n) is 3.46. The summed E-state index contributed by atoms with van der Waals surface area (Å²) in [6, 6.07) is 0. The smallest absolute Gasteiger partial charge is 0.258 e. The molecule has 4 nitrogen and oxygen atoms in total. The van der Waals surface area contributed by atoms with E-state index in [-0.39, 0.29) is 5.91 Å². The number of amides is 1. The molecule has 0 bridgehead atoms. The Morgan fingerprint density at radius 1 is 1.39 bits per heavy atom. The lowest BCUT2D eigenvalue weighted by molar-refractivity contribution is 0.0623. The summed E-state index contributed by atoms with van der Waals surface area (Å²) < 4.78 is 4.27. The molecule has 100 valence electrons. The molecule has 0 radical (unpaired) electrons. The van der Waals surface area contributed by atoms with Gasteiger partial charge in [-0.2, -0.15) is 4.37 Å². The van der Waals surface area contributed by atoms with Crippen LogP contribution in [0.3, 0.4) is 0 Å². The van der Waals surface area contributed by atoms with Crippen LogP contribution in [0.2, 0.25) is 0 Å². The zero-order chi connectivity index (χ0) is 13.3. The molecular weight excluding hydrogens is 246 g/mol. The molecule has 1 aromatic rings. The summed E-state index contributed by atoms with van der Waals surface area (Å²) in [6.45, 7) is 8.06. The Bertz CT molecular complexity index is 433. The van der Waals surface area contributed by atoms with Crippen LogP contribution in [0, 0.1) is 18.8 Å². The van der Waals surface area contributed by atoms with E-state index in [1.54, 1.807) is 0 Å². The quantitative estimate of drug-likeness (QED) is 0.896. The van der Waals surface area contributed by atoms with Crippen molar-refractivity contribution in [2.24, 2.45) is 11.8 Å². The molecule has 1 aromatic heterocycles. The van der Waals surface area contributed by atoms with Gasteiger partial charge >= 0.3 is 0 Å². The molecule has 1 saturated heterocycles. The van der Waals surface area contributed by atoms with Crippen LogP contribution in [0.25, 0.3) is 0 Å². The van der Waals surface area contributed by atoms with Crippen molar-refractivity contribution in [3.63, 3.8) is 0 Å². The largest absolute Gasteiger partial charge is 0.378 e. The standard InChI is InChI=1S/C13H21N3OS/c1-8-5-9(2)7-16(6-8)13(17)11-10(3)15-18-12(11)14-4/h8-9,14H,5-7H2,1-4H3/t8-,9-/m0/s1. The van der Waals surface area contributed by atoms with Crippen molar-refractivity contribution < 1.29 is 4.79 Å². The first-order valence-electron chi connectivity index (χ1n) is 6.46. The number of aromatic nitrogens is 1. The lowest BCUT2D eigenvalue weighted by Gasteiger charge is -2.35. The number of nitrogens with one attached hydrogen (secondary N) is 1. The van der Waals surface area contributed by atoms with Gasteiger partial charge in [-0.15, -0.1) is 0 Å². The molecule has 1 amide bonds.